The summed E-state index contributed by atoms with van der Waals surface area (Å²) in [7, 11) is 1.62. The van der Waals surface area contributed by atoms with E-state index in [2.05, 4.69) is 10.2 Å². The Labute approximate surface area is 139 Å². The van der Waals surface area contributed by atoms with Gasteiger partial charge in [-0.3, -0.25) is 4.79 Å². The van der Waals surface area contributed by atoms with Crippen LogP contribution in [0.4, 0.5) is 0 Å². The SMILES string of the molecule is COc1ccccc1CC(=O)N1CCC(Oc2nncs2)CC1. The predicted molar refractivity (Wildman–Crippen MR) is 86.8 cm³/mol. The zero-order chi connectivity index (χ0) is 16.1. The molecule has 1 fully saturated rings. The highest BCUT2D eigenvalue weighted by atomic mass is 32.1. The molecule has 7 heteroatoms. The van der Waals surface area contributed by atoms with Crippen molar-refractivity contribution in [1.82, 2.24) is 15.1 Å². The monoisotopic (exact) mass is 333 g/mol. The van der Waals surface area contributed by atoms with Gasteiger partial charge in [-0.2, -0.15) is 0 Å². The van der Waals surface area contributed by atoms with E-state index in [9.17, 15) is 4.79 Å². The van der Waals surface area contributed by atoms with E-state index in [1.807, 2.05) is 29.2 Å². The maximum Gasteiger partial charge on any atom is 0.294 e. The van der Waals surface area contributed by atoms with Crippen molar-refractivity contribution < 1.29 is 14.3 Å². The van der Waals surface area contributed by atoms with Crippen LogP contribution in [0.5, 0.6) is 10.9 Å². The molecule has 23 heavy (non-hydrogen) atoms. The largest absolute Gasteiger partial charge is 0.496 e. The molecule has 6 nitrogen and oxygen atoms in total. The Kier molecular flexibility index (Phi) is 5.07. The fourth-order valence-electron chi connectivity index (χ4n) is 2.70. The zero-order valence-corrected chi connectivity index (χ0v) is 13.8. The molecule has 0 bridgehead atoms. The van der Waals surface area contributed by atoms with E-state index >= 15 is 0 Å². The third kappa shape index (κ3) is 3.98. The van der Waals surface area contributed by atoms with Crippen LogP contribution < -0.4 is 9.47 Å². The summed E-state index contributed by atoms with van der Waals surface area (Å²) >= 11 is 1.39. The molecule has 0 saturated carbocycles. The number of para-hydroxylation sites is 1. The van der Waals surface area contributed by atoms with E-state index in [-0.39, 0.29) is 12.0 Å². The van der Waals surface area contributed by atoms with Crippen molar-refractivity contribution in [1.29, 1.82) is 0 Å². The van der Waals surface area contributed by atoms with Gasteiger partial charge in [-0.15, -0.1) is 10.2 Å². The van der Waals surface area contributed by atoms with E-state index in [0.717, 1.165) is 24.2 Å². The van der Waals surface area contributed by atoms with Gasteiger partial charge in [-0.05, 0) is 6.07 Å². The zero-order valence-electron chi connectivity index (χ0n) is 13.0. The number of benzene rings is 1. The van der Waals surface area contributed by atoms with Crippen molar-refractivity contribution in [2.75, 3.05) is 20.2 Å². The van der Waals surface area contributed by atoms with E-state index in [4.69, 9.17) is 9.47 Å². The van der Waals surface area contributed by atoms with E-state index in [0.29, 0.717) is 24.7 Å². The normalized spacial score (nSPS) is 15.4. The number of methoxy groups -OCH3 is 1. The molecule has 0 atom stereocenters. The lowest BCUT2D eigenvalue weighted by Gasteiger charge is -2.31. The highest BCUT2D eigenvalue weighted by molar-refractivity contribution is 7.11. The number of carbonyl (C=O) groups is 1. The fraction of sp³-hybridized carbons (Fsp3) is 0.438. The van der Waals surface area contributed by atoms with Crippen LogP contribution in [-0.2, 0) is 11.2 Å². The third-order valence-electron chi connectivity index (χ3n) is 3.94. The van der Waals surface area contributed by atoms with Crippen LogP contribution in [0.15, 0.2) is 29.8 Å². The van der Waals surface area contributed by atoms with Crippen LogP contribution in [0.2, 0.25) is 0 Å². The predicted octanol–water partition coefficient (Wildman–Crippen LogP) is 2.16. The Balaban J connectivity index is 1.52. The van der Waals surface area contributed by atoms with Gasteiger partial charge in [0.2, 0.25) is 5.91 Å². The highest BCUT2D eigenvalue weighted by Crippen LogP contribution is 2.22. The number of hydrogen-bond donors (Lipinski definition) is 0. The van der Waals surface area contributed by atoms with Gasteiger partial charge in [-0.1, -0.05) is 29.5 Å². The Hall–Kier alpha value is -2.15. The van der Waals surface area contributed by atoms with Gasteiger partial charge in [0.1, 0.15) is 17.4 Å². The Bertz CT molecular complexity index is 640. The number of carbonyl (C=O) groups excluding carboxylic acids is 1. The summed E-state index contributed by atoms with van der Waals surface area (Å²) in [5, 5.41) is 8.25. The smallest absolute Gasteiger partial charge is 0.294 e. The summed E-state index contributed by atoms with van der Waals surface area (Å²) in [6.07, 6.45) is 2.11. The number of piperidine rings is 1. The quantitative estimate of drug-likeness (QED) is 0.839. The number of likely N-dealkylation sites (tertiary alicyclic amines) is 1. The maximum atomic E-state index is 12.5. The number of nitrogens with zero attached hydrogens (tertiary/aromatic N) is 3. The molecule has 1 aliphatic heterocycles. The first kappa shape index (κ1) is 15.7. The number of ether oxygens (including phenoxy) is 2. The summed E-state index contributed by atoms with van der Waals surface area (Å²) < 4.78 is 11.1. The Morgan fingerprint density at radius 3 is 2.83 bits per heavy atom. The van der Waals surface area contributed by atoms with Crippen LogP contribution in [-0.4, -0.2) is 47.3 Å². The Morgan fingerprint density at radius 2 is 2.13 bits per heavy atom. The molecule has 2 heterocycles. The summed E-state index contributed by atoms with van der Waals surface area (Å²) in [5.74, 6) is 0.888. The molecule has 1 aromatic heterocycles. The number of amides is 1. The molecule has 2 aromatic rings. The van der Waals surface area contributed by atoms with Gasteiger partial charge in [-0.25, -0.2) is 0 Å². The molecule has 1 amide bonds. The van der Waals surface area contributed by atoms with Crippen LogP contribution in [0.25, 0.3) is 0 Å². The third-order valence-corrected chi connectivity index (χ3v) is 4.52. The molecule has 0 unspecified atom stereocenters. The first-order valence-electron chi connectivity index (χ1n) is 7.58. The van der Waals surface area contributed by atoms with Gasteiger partial charge in [0.25, 0.3) is 5.19 Å². The molecule has 0 spiro atoms. The molecule has 0 N–H and O–H groups in total. The lowest BCUT2D eigenvalue weighted by Crippen LogP contribution is -2.42. The number of rotatable bonds is 5. The van der Waals surface area contributed by atoms with Crippen LogP contribution in [0.3, 0.4) is 0 Å². The van der Waals surface area contributed by atoms with Crippen molar-refractivity contribution in [3.8, 4) is 10.9 Å². The average Bonchev–Trinajstić information content (AvgIpc) is 3.09. The molecule has 1 aromatic carbocycles. The van der Waals surface area contributed by atoms with Crippen LogP contribution in [0.1, 0.15) is 18.4 Å². The number of hydrogen-bond acceptors (Lipinski definition) is 6. The summed E-state index contributed by atoms with van der Waals surface area (Å²) in [6, 6.07) is 7.64. The van der Waals surface area contributed by atoms with Crippen molar-refractivity contribution in [2.24, 2.45) is 0 Å². The lowest BCUT2D eigenvalue weighted by molar-refractivity contribution is -0.132. The summed E-state index contributed by atoms with van der Waals surface area (Å²) in [6.45, 7) is 1.41. The van der Waals surface area contributed by atoms with Crippen LogP contribution >= 0.6 is 11.3 Å². The number of aromatic nitrogens is 2. The van der Waals surface area contributed by atoms with Crippen LogP contribution in [0, 0.1) is 0 Å². The Morgan fingerprint density at radius 1 is 1.35 bits per heavy atom. The topological polar surface area (TPSA) is 64.5 Å². The van der Waals surface area contributed by atoms with E-state index < -0.39 is 0 Å². The van der Waals surface area contributed by atoms with E-state index in [1.54, 1.807) is 12.6 Å². The van der Waals surface area contributed by atoms with Gasteiger partial charge >= 0.3 is 0 Å². The standard InChI is InChI=1S/C16H19N3O3S/c1-21-14-5-3-2-4-12(14)10-15(20)19-8-6-13(7-9-19)22-16-18-17-11-23-16/h2-5,11,13H,6-10H2,1H3. The van der Waals surface area contributed by atoms with Crippen molar-refractivity contribution >= 4 is 17.2 Å². The van der Waals surface area contributed by atoms with E-state index in [1.165, 1.54) is 11.3 Å². The molecular weight excluding hydrogens is 314 g/mol. The fourth-order valence-corrected chi connectivity index (χ4v) is 3.17. The van der Waals surface area contributed by atoms with Gasteiger partial charge in [0.05, 0.1) is 13.5 Å². The molecule has 122 valence electrons. The van der Waals surface area contributed by atoms with Gasteiger partial charge in [0, 0.05) is 31.5 Å². The minimum Gasteiger partial charge on any atom is -0.496 e. The van der Waals surface area contributed by atoms with Crippen molar-refractivity contribution in [3.05, 3.63) is 35.3 Å². The van der Waals surface area contributed by atoms with Crippen molar-refractivity contribution in [3.63, 3.8) is 0 Å². The molecule has 1 saturated heterocycles. The molecule has 0 aliphatic carbocycles. The summed E-state index contributed by atoms with van der Waals surface area (Å²) in [4.78, 5) is 14.4. The van der Waals surface area contributed by atoms with Crippen molar-refractivity contribution in [2.45, 2.75) is 25.4 Å². The van der Waals surface area contributed by atoms with Gasteiger partial charge < -0.3 is 14.4 Å². The average molecular weight is 333 g/mol. The maximum absolute atomic E-state index is 12.5. The molecule has 1 aliphatic rings. The second-order valence-electron chi connectivity index (χ2n) is 5.39. The first-order chi connectivity index (χ1) is 11.3. The molecule has 3 rings (SSSR count). The second kappa shape index (κ2) is 7.41. The minimum absolute atomic E-state index is 0.110. The molecular formula is C16H19N3O3S. The highest BCUT2D eigenvalue weighted by Gasteiger charge is 2.25. The minimum atomic E-state index is 0.110. The van der Waals surface area contributed by atoms with Gasteiger partial charge in [0.15, 0.2) is 0 Å². The molecule has 0 radical (unpaired) electrons. The first-order valence-corrected chi connectivity index (χ1v) is 8.46. The lowest BCUT2D eigenvalue weighted by atomic mass is 10.1. The summed E-state index contributed by atoms with van der Waals surface area (Å²) in [5.41, 5.74) is 2.58. The second-order valence-corrected chi connectivity index (χ2v) is 6.19.